The Bertz CT molecular complexity index is 1130. The number of carbonyl (C=O) groups excluding carboxylic acids is 1. The van der Waals surface area contributed by atoms with Gasteiger partial charge in [0.15, 0.2) is 0 Å². The van der Waals surface area contributed by atoms with Crippen LogP contribution in [-0.2, 0) is 4.79 Å². The number of carbonyl (C=O) groups is 1. The lowest BCUT2D eigenvalue weighted by molar-refractivity contribution is -0.117. The van der Waals surface area contributed by atoms with E-state index in [9.17, 15) is 4.79 Å². The van der Waals surface area contributed by atoms with E-state index in [0.717, 1.165) is 67.2 Å². The number of piperazine rings is 1. The van der Waals surface area contributed by atoms with Gasteiger partial charge in [0.25, 0.3) is 0 Å². The number of hydrogen-bond acceptors (Lipinski definition) is 6. The number of hydrogen-bond donors (Lipinski definition) is 2. The first-order valence-electron chi connectivity index (χ1n) is 11.5. The highest BCUT2D eigenvalue weighted by Gasteiger charge is 2.44. The molecule has 2 N–H and O–H groups in total. The molecule has 1 aliphatic carbocycles. The van der Waals surface area contributed by atoms with E-state index in [-0.39, 0.29) is 11.8 Å². The number of nitrogens with one attached hydrogen (secondary N) is 2. The highest BCUT2D eigenvalue weighted by atomic mass is 16.5. The lowest BCUT2D eigenvalue weighted by atomic mass is 10.0. The molecule has 1 saturated heterocycles. The van der Waals surface area contributed by atoms with Crippen LogP contribution in [0.3, 0.4) is 0 Å². The van der Waals surface area contributed by atoms with Gasteiger partial charge in [0.2, 0.25) is 5.91 Å². The van der Waals surface area contributed by atoms with E-state index in [1.165, 1.54) is 0 Å². The molecule has 0 unspecified atom stereocenters. The summed E-state index contributed by atoms with van der Waals surface area (Å²) in [4.78, 5) is 25.5. The van der Waals surface area contributed by atoms with Crippen molar-refractivity contribution >= 4 is 22.8 Å². The van der Waals surface area contributed by atoms with Gasteiger partial charge in [0, 0.05) is 55.8 Å². The Labute approximate surface area is 193 Å². The molecule has 8 heteroatoms. The standard InChI is InChI=1S/C25H31N5O3/c1-29-9-11-30(12-10-29)15-16-13-18(16)25(31)28-22-8-7-17-19(14-26-24(17)27-22)23-20(32-2)5-4-6-21(23)33-3/h4-8,14,16,18H,9-13,15H2,1-3H3,(H2,26,27,28,31)/t16-,18+/m0/s1. The average molecular weight is 450 g/mol. The number of amides is 1. The minimum Gasteiger partial charge on any atom is -0.496 e. The largest absolute Gasteiger partial charge is 0.496 e. The molecule has 2 atom stereocenters. The molecule has 3 aromatic rings. The van der Waals surface area contributed by atoms with Gasteiger partial charge in [-0.1, -0.05) is 6.07 Å². The van der Waals surface area contributed by atoms with Gasteiger partial charge in [-0.3, -0.25) is 4.79 Å². The molecule has 2 fully saturated rings. The molecular formula is C25H31N5O3. The number of methoxy groups -OCH3 is 2. The van der Waals surface area contributed by atoms with Gasteiger partial charge in [-0.15, -0.1) is 0 Å². The first-order chi connectivity index (χ1) is 16.1. The van der Waals surface area contributed by atoms with Crippen LogP contribution in [0.2, 0.25) is 0 Å². The fraction of sp³-hybridized carbons (Fsp3) is 0.440. The van der Waals surface area contributed by atoms with Crippen molar-refractivity contribution in [1.29, 1.82) is 0 Å². The fourth-order valence-corrected chi connectivity index (χ4v) is 4.75. The second kappa shape index (κ2) is 9.03. The molecule has 1 aromatic carbocycles. The third-order valence-electron chi connectivity index (χ3n) is 6.84. The van der Waals surface area contributed by atoms with Crippen molar-refractivity contribution < 1.29 is 14.3 Å². The van der Waals surface area contributed by atoms with Crippen LogP contribution >= 0.6 is 0 Å². The Hall–Kier alpha value is -3.10. The summed E-state index contributed by atoms with van der Waals surface area (Å²) in [6.45, 7) is 5.40. The van der Waals surface area contributed by atoms with Crippen LogP contribution in [-0.4, -0.2) is 79.7 Å². The predicted octanol–water partition coefficient (Wildman–Crippen LogP) is 3.07. The van der Waals surface area contributed by atoms with Crippen molar-refractivity contribution in [2.45, 2.75) is 6.42 Å². The third-order valence-corrected chi connectivity index (χ3v) is 6.84. The molecule has 174 valence electrons. The molecule has 1 amide bonds. The molecule has 1 saturated carbocycles. The second-order valence-electron chi connectivity index (χ2n) is 9.03. The van der Waals surface area contributed by atoms with Crippen molar-refractivity contribution in [2.24, 2.45) is 11.8 Å². The summed E-state index contributed by atoms with van der Waals surface area (Å²) in [5.74, 6) is 2.63. The zero-order valence-electron chi connectivity index (χ0n) is 19.4. The zero-order valence-corrected chi connectivity index (χ0v) is 19.4. The van der Waals surface area contributed by atoms with E-state index < -0.39 is 0 Å². The van der Waals surface area contributed by atoms with E-state index in [1.807, 2.05) is 36.5 Å². The van der Waals surface area contributed by atoms with Gasteiger partial charge < -0.3 is 29.6 Å². The number of pyridine rings is 1. The topological polar surface area (TPSA) is 82.7 Å². The minimum atomic E-state index is 0.0687. The highest BCUT2D eigenvalue weighted by Crippen LogP contribution is 2.42. The van der Waals surface area contributed by atoms with Crippen LogP contribution in [0.5, 0.6) is 11.5 Å². The van der Waals surface area contributed by atoms with Crippen molar-refractivity contribution in [3.05, 3.63) is 36.5 Å². The van der Waals surface area contributed by atoms with Gasteiger partial charge in [-0.2, -0.15) is 0 Å². The molecule has 33 heavy (non-hydrogen) atoms. The fourth-order valence-electron chi connectivity index (χ4n) is 4.75. The first-order valence-corrected chi connectivity index (χ1v) is 11.5. The smallest absolute Gasteiger partial charge is 0.228 e. The molecule has 2 aromatic heterocycles. The maximum Gasteiger partial charge on any atom is 0.228 e. The van der Waals surface area contributed by atoms with E-state index in [4.69, 9.17) is 9.47 Å². The Morgan fingerprint density at radius 2 is 1.85 bits per heavy atom. The SMILES string of the molecule is COc1cccc(OC)c1-c1c[nH]c2nc(NC(=O)[C@@H]3C[C@H]3CN3CCN(C)CC3)ccc12. The average Bonchev–Trinajstić information content (AvgIpc) is 3.48. The molecule has 0 radical (unpaired) electrons. The number of fused-ring (bicyclic) bond motifs is 1. The molecule has 1 aliphatic heterocycles. The summed E-state index contributed by atoms with van der Waals surface area (Å²) >= 11 is 0. The van der Waals surface area contributed by atoms with Crippen LogP contribution < -0.4 is 14.8 Å². The van der Waals surface area contributed by atoms with Gasteiger partial charge in [-0.25, -0.2) is 4.98 Å². The summed E-state index contributed by atoms with van der Waals surface area (Å²) in [6, 6.07) is 9.55. The number of H-pyrrole nitrogens is 1. The summed E-state index contributed by atoms with van der Waals surface area (Å²) in [5.41, 5.74) is 2.52. The molecular weight excluding hydrogens is 418 g/mol. The molecule has 3 heterocycles. The Morgan fingerprint density at radius 3 is 2.55 bits per heavy atom. The molecule has 2 aliphatic rings. The molecule has 0 bridgehead atoms. The van der Waals surface area contributed by atoms with Crippen LogP contribution in [0.4, 0.5) is 5.82 Å². The van der Waals surface area contributed by atoms with Crippen molar-refractivity contribution in [2.75, 3.05) is 59.3 Å². The van der Waals surface area contributed by atoms with E-state index >= 15 is 0 Å². The summed E-state index contributed by atoms with van der Waals surface area (Å²) in [6.07, 6.45) is 2.86. The number of aromatic amines is 1. The number of rotatable bonds is 7. The number of aromatic nitrogens is 2. The summed E-state index contributed by atoms with van der Waals surface area (Å²) < 4.78 is 11.1. The number of likely N-dealkylation sites (N-methyl/N-ethyl adjacent to an activating group) is 1. The van der Waals surface area contributed by atoms with Gasteiger partial charge in [-0.05, 0) is 43.7 Å². The number of anilines is 1. The highest BCUT2D eigenvalue weighted by molar-refractivity contribution is 5.99. The molecule has 5 rings (SSSR count). The maximum absolute atomic E-state index is 12.8. The number of ether oxygens (including phenoxy) is 2. The van der Waals surface area contributed by atoms with E-state index in [0.29, 0.717) is 17.4 Å². The van der Waals surface area contributed by atoms with E-state index in [2.05, 4.69) is 32.1 Å². The maximum atomic E-state index is 12.8. The van der Waals surface area contributed by atoms with Crippen LogP contribution in [0.15, 0.2) is 36.5 Å². The number of nitrogens with zero attached hydrogens (tertiary/aromatic N) is 3. The lowest BCUT2D eigenvalue weighted by Gasteiger charge is -2.32. The number of benzene rings is 1. The molecule has 8 nitrogen and oxygen atoms in total. The monoisotopic (exact) mass is 449 g/mol. The predicted molar refractivity (Wildman–Crippen MR) is 129 cm³/mol. The summed E-state index contributed by atoms with van der Waals surface area (Å²) in [5, 5.41) is 3.96. The second-order valence-corrected chi connectivity index (χ2v) is 9.03. The zero-order chi connectivity index (χ0) is 22.9. The van der Waals surface area contributed by atoms with Gasteiger partial charge in [0.05, 0.1) is 19.8 Å². The normalized spacial score (nSPS) is 21.2. The van der Waals surface area contributed by atoms with E-state index in [1.54, 1.807) is 14.2 Å². The van der Waals surface area contributed by atoms with Crippen molar-refractivity contribution in [3.63, 3.8) is 0 Å². The van der Waals surface area contributed by atoms with Gasteiger partial charge >= 0.3 is 0 Å². The van der Waals surface area contributed by atoms with Crippen LogP contribution in [0.25, 0.3) is 22.2 Å². The quantitative estimate of drug-likeness (QED) is 0.577. The van der Waals surface area contributed by atoms with Crippen molar-refractivity contribution in [1.82, 2.24) is 19.8 Å². The Balaban J connectivity index is 1.28. The van der Waals surface area contributed by atoms with Crippen LogP contribution in [0.1, 0.15) is 6.42 Å². The van der Waals surface area contributed by atoms with Crippen LogP contribution in [0, 0.1) is 11.8 Å². The Kier molecular flexibility index (Phi) is 5.95. The Morgan fingerprint density at radius 1 is 1.12 bits per heavy atom. The lowest BCUT2D eigenvalue weighted by Crippen LogP contribution is -2.45. The van der Waals surface area contributed by atoms with Crippen molar-refractivity contribution in [3.8, 4) is 22.6 Å². The first kappa shape index (κ1) is 21.7. The third kappa shape index (κ3) is 4.41. The molecule has 0 spiro atoms. The summed E-state index contributed by atoms with van der Waals surface area (Å²) in [7, 11) is 5.45. The van der Waals surface area contributed by atoms with Gasteiger partial charge in [0.1, 0.15) is 23.0 Å². The minimum absolute atomic E-state index is 0.0687.